The first kappa shape index (κ1) is 24.6. The molecule has 6 heteroatoms. The van der Waals surface area contributed by atoms with Crippen LogP contribution in [0.3, 0.4) is 0 Å². The maximum absolute atomic E-state index is 12.8. The monoisotopic (exact) mass is 471 g/mol. The first-order valence-corrected chi connectivity index (χ1v) is 8.82. The Morgan fingerprint density at radius 3 is 2.36 bits per heavy atom. The van der Waals surface area contributed by atoms with Gasteiger partial charge in [-0.3, -0.25) is 0 Å². The Bertz CT molecular complexity index is 878. The van der Waals surface area contributed by atoms with E-state index in [0.29, 0.717) is 6.42 Å². The molecule has 152 valence electrons. The summed E-state index contributed by atoms with van der Waals surface area (Å²) in [5, 5.41) is 5.92. The number of halogens is 4. The van der Waals surface area contributed by atoms with Crippen LogP contribution in [0.2, 0.25) is 0 Å². The van der Waals surface area contributed by atoms with Crippen molar-refractivity contribution in [2.24, 2.45) is 0 Å². The molecule has 0 radical (unpaired) electrons. The normalized spacial score (nSPS) is 12.1. The molecule has 0 spiro atoms. The Morgan fingerprint density at radius 1 is 0.929 bits per heavy atom. The van der Waals surface area contributed by atoms with Gasteiger partial charge < -0.3 is 5.32 Å². The Labute approximate surface area is 181 Å². The molecular formula is C22H26AsClF3N. The molecule has 0 fully saturated rings. The Balaban J connectivity index is 0.00000196. The first-order valence-electron chi connectivity index (χ1n) is 8.82. The zero-order valence-corrected chi connectivity index (χ0v) is 19.6. The molecule has 3 aromatic carbocycles. The summed E-state index contributed by atoms with van der Waals surface area (Å²) in [6.07, 6.45) is -2.87. The van der Waals surface area contributed by atoms with Crippen molar-refractivity contribution in [1.29, 1.82) is 0 Å². The molecule has 0 saturated carbocycles. The third-order valence-corrected chi connectivity index (χ3v) is 4.64. The maximum atomic E-state index is 12.8. The van der Waals surface area contributed by atoms with Crippen molar-refractivity contribution >= 4 is 41.1 Å². The third kappa shape index (κ3) is 6.27. The molecule has 0 aromatic heterocycles. The summed E-state index contributed by atoms with van der Waals surface area (Å²) in [7, 11) is 0. The Kier molecular flexibility index (Phi) is 9.56. The summed E-state index contributed by atoms with van der Waals surface area (Å²) in [6.45, 7) is 2.87. The van der Waals surface area contributed by atoms with E-state index >= 15 is 0 Å². The van der Waals surface area contributed by atoms with Crippen LogP contribution in [-0.4, -0.2) is 24.5 Å². The molecule has 0 aliphatic carbocycles. The van der Waals surface area contributed by atoms with Gasteiger partial charge in [0.25, 0.3) is 0 Å². The van der Waals surface area contributed by atoms with Gasteiger partial charge in [-0.1, -0.05) is 60.7 Å². The number of hydrogen-bond donors (Lipinski definition) is 1. The van der Waals surface area contributed by atoms with Gasteiger partial charge in [-0.15, -0.1) is 12.4 Å². The van der Waals surface area contributed by atoms with E-state index in [2.05, 4.69) is 42.6 Å². The fourth-order valence-corrected chi connectivity index (χ4v) is 3.25. The van der Waals surface area contributed by atoms with Crippen molar-refractivity contribution in [3.8, 4) is 0 Å². The number of benzene rings is 3. The van der Waals surface area contributed by atoms with Crippen LogP contribution in [0.1, 0.15) is 36.1 Å². The fourth-order valence-electron chi connectivity index (χ4n) is 3.25. The van der Waals surface area contributed by atoms with Crippen molar-refractivity contribution in [2.75, 3.05) is 6.54 Å². The summed E-state index contributed by atoms with van der Waals surface area (Å²) in [5.41, 5.74) is 1.38. The van der Waals surface area contributed by atoms with Gasteiger partial charge in [-0.2, -0.15) is 13.2 Å². The first-order chi connectivity index (χ1) is 12.4. The molecule has 1 N–H and O–H groups in total. The topological polar surface area (TPSA) is 12.0 Å². The quantitative estimate of drug-likeness (QED) is 0.376. The van der Waals surface area contributed by atoms with Gasteiger partial charge in [0.05, 0.1) is 5.56 Å². The van der Waals surface area contributed by atoms with E-state index in [4.69, 9.17) is 0 Å². The van der Waals surface area contributed by atoms with E-state index in [-0.39, 0.29) is 36.4 Å². The van der Waals surface area contributed by atoms with Crippen LogP contribution in [-0.2, 0) is 12.6 Å². The van der Waals surface area contributed by atoms with Crippen molar-refractivity contribution < 1.29 is 13.2 Å². The molecule has 0 aliphatic heterocycles. The summed E-state index contributed by atoms with van der Waals surface area (Å²) in [4.78, 5) is 0. The molecular weight excluding hydrogens is 446 g/mol. The van der Waals surface area contributed by atoms with Crippen molar-refractivity contribution in [3.05, 3.63) is 83.4 Å². The third-order valence-electron chi connectivity index (χ3n) is 4.64. The molecule has 0 bridgehead atoms. The predicted octanol–water partition coefficient (Wildman–Crippen LogP) is 5.38. The minimum atomic E-state index is -4.28. The average Bonchev–Trinajstić information content (AvgIpc) is 2.64. The van der Waals surface area contributed by atoms with E-state index in [1.165, 1.54) is 28.5 Å². The van der Waals surface area contributed by atoms with Gasteiger partial charge >= 0.3 is 24.1 Å². The second kappa shape index (κ2) is 10.9. The molecule has 3 rings (SSSR count). The van der Waals surface area contributed by atoms with Crippen molar-refractivity contribution in [3.63, 3.8) is 0 Å². The number of nitrogens with one attached hydrogen (secondary N) is 1. The molecule has 0 saturated heterocycles. The van der Waals surface area contributed by atoms with Gasteiger partial charge in [-0.05, 0) is 54.3 Å². The van der Waals surface area contributed by atoms with Crippen molar-refractivity contribution in [2.45, 2.75) is 32.0 Å². The van der Waals surface area contributed by atoms with E-state index in [1.54, 1.807) is 6.07 Å². The summed E-state index contributed by atoms with van der Waals surface area (Å²) in [5.74, 6) is 0. The molecule has 0 aliphatic rings. The SMILES string of the molecule is C[C@@H](NCCCc1cccc(C(F)(F)F)c1)c1cccc2ccccc12.Cl.[AsH3]. The average molecular weight is 472 g/mol. The predicted molar refractivity (Wildman–Crippen MR) is 117 cm³/mol. The second-order valence-electron chi connectivity index (χ2n) is 6.55. The van der Waals surface area contributed by atoms with Crippen LogP contribution < -0.4 is 5.32 Å². The van der Waals surface area contributed by atoms with Gasteiger partial charge in [0.1, 0.15) is 0 Å². The Morgan fingerprint density at radius 2 is 1.61 bits per heavy atom. The van der Waals surface area contributed by atoms with Gasteiger partial charge in [0.2, 0.25) is 0 Å². The second-order valence-corrected chi connectivity index (χ2v) is 6.55. The van der Waals surface area contributed by atoms with Crippen LogP contribution >= 0.6 is 12.4 Å². The molecule has 1 unspecified atom stereocenters. The van der Waals surface area contributed by atoms with E-state index in [0.717, 1.165) is 24.6 Å². The summed E-state index contributed by atoms with van der Waals surface area (Å²) in [6, 6.07) is 20.3. The summed E-state index contributed by atoms with van der Waals surface area (Å²) >= 11 is 0. The van der Waals surface area contributed by atoms with Gasteiger partial charge in [-0.25, -0.2) is 0 Å². The molecule has 0 heterocycles. The number of rotatable bonds is 6. The van der Waals surface area contributed by atoms with Crippen LogP contribution in [0.15, 0.2) is 66.7 Å². The fraction of sp³-hybridized carbons (Fsp3) is 0.273. The van der Waals surface area contributed by atoms with Crippen LogP contribution in [0.5, 0.6) is 0 Å². The zero-order valence-electron chi connectivity index (χ0n) is 15.8. The zero-order chi connectivity index (χ0) is 18.6. The number of alkyl halides is 3. The van der Waals surface area contributed by atoms with Crippen molar-refractivity contribution in [1.82, 2.24) is 5.32 Å². The van der Waals surface area contributed by atoms with E-state index in [1.807, 2.05) is 12.1 Å². The number of fused-ring (bicyclic) bond motifs is 1. The molecule has 28 heavy (non-hydrogen) atoms. The molecule has 0 amide bonds. The van der Waals surface area contributed by atoms with Crippen LogP contribution in [0, 0.1) is 0 Å². The summed E-state index contributed by atoms with van der Waals surface area (Å²) < 4.78 is 38.3. The minimum absolute atomic E-state index is 0. The standard InChI is InChI=1S/C22H22F3N.AsH3.ClH/c1-16(20-13-5-10-18-9-2-3-12-21(18)20)26-14-6-8-17-7-4-11-19(15-17)22(23,24)25;;/h2-5,7,9-13,15-16,26H,6,8,14H2,1H3;1H3;1H/t16-;;/m1../s1. The van der Waals surface area contributed by atoms with Crippen LogP contribution in [0.25, 0.3) is 10.8 Å². The van der Waals surface area contributed by atoms with E-state index < -0.39 is 11.7 Å². The molecule has 3 aromatic rings. The molecule has 1 nitrogen and oxygen atoms in total. The van der Waals surface area contributed by atoms with E-state index in [9.17, 15) is 13.2 Å². The van der Waals surface area contributed by atoms with Crippen LogP contribution in [0.4, 0.5) is 13.2 Å². The van der Waals surface area contributed by atoms with Gasteiger partial charge in [0, 0.05) is 6.04 Å². The van der Waals surface area contributed by atoms with Gasteiger partial charge in [0.15, 0.2) is 0 Å². The number of aryl methyl sites for hydroxylation is 1. The molecule has 2 atom stereocenters. The number of hydrogen-bond acceptors (Lipinski definition) is 1. The Hall–Kier alpha value is -1.48.